The van der Waals surface area contributed by atoms with Gasteiger partial charge in [0.1, 0.15) is 5.54 Å². The summed E-state index contributed by atoms with van der Waals surface area (Å²) in [5.74, 6) is 0. The summed E-state index contributed by atoms with van der Waals surface area (Å²) in [5.41, 5.74) is 1.88. The van der Waals surface area contributed by atoms with Crippen molar-refractivity contribution < 1.29 is 9.53 Å². The van der Waals surface area contributed by atoms with Crippen molar-refractivity contribution in [1.82, 2.24) is 4.90 Å². The molecule has 3 heteroatoms. The van der Waals surface area contributed by atoms with E-state index in [2.05, 4.69) is 36.4 Å². The van der Waals surface area contributed by atoms with Gasteiger partial charge in [-0.25, -0.2) is 4.79 Å². The van der Waals surface area contributed by atoms with Crippen molar-refractivity contribution in [2.45, 2.75) is 37.3 Å². The number of carbonyl (C=O) groups excluding carboxylic acids is 1. The third kappa shape index (κ3) is 2.23. The molecule has 2 aromatic rings. The highest BCUT2D eigenvalue weighted by Crippen LogP contribution is 2.52. The minimum Gasteiger partial charge on any atom is -0.438 e. The number of nitrogens with zero attached hydrogens (tertiary/aromatic N) is 1. The molecule has 0 aromatic heterocycles. The molecular weight excluding hydrogens is 286 g/mol. The Balaban J connectivity index is 1.89. The van der Waals surface area contributed by atoms with E-state index in [1.54, 1.807) is 0 Å². The van der Waals surface area contributed by atoms with E-state index in [1.807, 2.05) is 29.2 Å². The summed E-state index contributed by atoms with van der Waals surface area (Å²) in [4.78, 5) is 14.6. The Morgan fingerprint density at radius 2 is 1.61 bits per heavy atom. The number of amides is 1. The van der Waals surface area contributed by atoms with Crippen LogP contribution in [0.3, 0.4) is 0 Å². The van der Waals surface area contributed by atoms with E-state index in [-0.39, 0.29) is 17.7 Å². The Kier molecular flexibility index (Phi) is 3.56. The van der Waals surface area contributed by atoms with Gasteiger partial charge >= 0.3 is 6.09 Å². The maximum atomic E-state index is 12.6. The van der Waals surface area contributed by atoms with Crippen molar-refractivity contribution >= 4 is 6.09 Å². The van der Waals surface area contributed by atoms with Crippen LogP contribution in [0.5, 0.6) is 0 Å². The quantitative estimate of drug-likeness (QED) is 0.808. The smallest absolute Gasteiger partial charge is 0.411 e. The lowest BCUT2D eigenvalue weighted by molar-refractivity contribution is 0.0889. The van der Waals surface area contributed by atoms with Crippen LogP contribution in [-0.2, 0) is 10.3 Å². The van der Waals surface area contributed by atoms with E-state index in [1.165, 1.54) is 12.0 Å². The fourth-order valence-electron chi connectivity index (χ4n) is 4.11. The van der Waals surface area contributed by atoms with E-state index in [0.717, 1.165) is 31.4 Å². The Morgan fingerprint density at radius 1 is 0.913 bits per heavy atom. The number of rotatable bonds is 2. The zero-order valence-corrected chi connectivity index (χ0v) is 13.2. The molecule has 2 saturated heterocycles. The SMILES string of the molecule is O=C1O[C@H](c2ccccc2)[C@]2(c3ccccc3)CCCCCN12. The van der Waals surface area contributed by atoms with Crippen LogP contribution in [0.25, 0.3) is 0 Å². The molecule has 2 aliphatic heterocycles. The summed E-state index contributed by atoms with van der Waals surface area (Å²) in [5, 5.41) is 0. The van der Waals surface area contributed by atoms with Gasteiger partial charge in [0, 0.05) is 6.54 Å². The molecule has 0 aliphatic carbocycles. The van der Waals surface area contributed by atoms with Crippen molar-refractivity contribution in [2.24, 2.45) is 0 Å². The van der Waals surface area contributed by atoms with Gasteiger partial charge in [-0.1, -0.05) is 73.5 Å². The van der Waals surface area contributed by atoms with Crippen molar-refractivity contribution in [3.05, 3.63) is 71.8 Å². The first kappa shape index (κ1) is 14.3. The van der Waals surface area contributed by atoms with Gasteiger partial charge in [-0.05, 0) is 24.0 Å². The van der Waals surface area contributed by atoms with Gasteiger partial charge in [0.05, 0.1) is 0 Å². The second kappa shape index (κ2) is 5.73. The highest BCUT2D eigenvalue weighted by Gasteiger charge is 2.56. The number of cyclic esters (lactones) is 1. The van der Waals surface area contributed by atoms with Crippen molar-refractivity contribution in [2.75, 3.05) is 6.54 Å². The number of ether oxygens (including phenoxy) is 1. The summed E-state index contributed by atoms with van der Waals surface area (Å²) in [6, 6.07) is 20.6. The average molecular weight is 307 g/mol. The van der Waals surface area contributed by atoms with E-state index < -0.39 is 0 Å². The van der Waals surface area contributed by atoms with Crippen LogP contribution in [0.1, 0.15) is 42.9 Å². The molecule has 0 unspecified atom stereocenters. The van der Waals surface area contributed by atoms with Gasteiger partial charge < -0.3 is 4.74 Å². The van der Waals surface area contributed by atoms with Gasteiger partial charge in [-0.15, -0.1) is 0 Å². The molecule has 0 spiro atoms. The molecule has 4 rings (SSSR count). The lowest BCUT2D eigenvalue weighted by Crippen LogP contribution is -2.45. The first-order valence-electron chi connectivity index (χ1n) is 8.41. The Morgan fingerprint density at radius 3 is 2.35 bits per heavy atom. The van der Waals surface area contributed by atoms with E-state index >= 15 is 0 Å². The van der Waals surface area contributed by atoms with Crippen LogP contribution in [0.15, 0.2) is 60.7 Å². The molecule has 23 heavy (non-hydrogen) atoms. The number of hydrogen-bond acceptors (Lipinski definition) is 2. The zero-order valence-electron chi connectivity index (χ0n) is 13.2. The van der Waals surface area contributed by atoms with Crippen LogP contribution in [-0.4, -0.2) is 17.5 Å². The van der Waals surface area contributed by atoms with Gasteiger partial charge in [-0.3, -0.25) is 4.90 Å². The Hall–Kier alpha value is -2.29. The number of fused-ring (bicyclic) bond motifs is 1. The standard InChI is InChI=1S/C20H21NO2/c22-19-21-15-9-3-8-14-20(21,17-12-6-2-7-13-17)18(23-19)16-10-4-1-5-11-16/h1-2,4-7,10-13,18H,3,8-9,14-15H2/t18-,20-/m1/s1. The van der Waals surface area contributed by atoms with E-state index in [0.29, 0.717) is 0 Å². The maximum Gasteiger partial charge on any atom is 0.411 e. The van der Waals surface area contributed by atoms with Gasteiger partial charge in [0.25, 0.3) is 0 Å². The minimum absolute atomic E-state index is 0.176. The lowest BCUT2D eigenvalue weighted by Gasteiger charge is -2.38. The van der Waals surface area contributed by atoms with Crippen LogP contribution in [0.4, 0.5) is 4.79 Å². The number of carbonyl (C=O) groups is 1. The third-order valence-electron chi connectivity index (χ3n) is 5.17. The number of benzene rings is 2. The Labute approximate surface area is 136 Å². The molecule has 0 N–H and O–H groups in total. The lowest BCUT2D eigenvalue weighted by atomic mass is 9.77. The van der Waals surface area contributed by atoms with Crippen molar-refractivity contribution in [3.63, 3.8) is 0 Å². The molecule has 2 atom stereocenters. The maximum absolute atomic E-state index is 12.6. The average Bonchev–Trinajstić information content (AvgIpc) is 2.77. The van der Waals surface area contributed by atoms with Crippen LogP contribution in [0, 0.1) is 0 Å². The molecule has 2 aliphatic rings. The molecule has 2 heterocycles. The van der Waals surface area contributed by atoms with Crippen LogP contribution in [0.2, 0.25) is 0 Å². The monoisotopic (exact) mass is 307 g/mol. The van der Waals surface area contributed by atoms with Gasteiger partial charge in [0.2, 0.25) is 0 Å². The normalized spacial score (nSPS) is 27.2. The minimum atomic E-state index is -0.379. The molecule has 2 aromatic carbocycles. The number of hydrogen-bond donors (Lipinski definition) is 0. The molecule has 0 saturated carbocycles. The topological polar surface area (TPSA) is 29.5 Å². The molecule has 118 valence electrons. The molecule has 2 fully saturated rings. The third-order valence-corrected chi connectivity index (χ3v) is 5.17. The second-order valence-electron chi connectivity index (χ2n) is 6.43. The molecule has 1 amide bonds. The molecule has 0 radical (unpaired) electrons. The summed E-state index contributed by atoms with van der Waals surface area (Å²) < 4.78 is 5.89. The highest BCUT2D eigenvalue weighted by atomic mass is 16.6. The summed E-state index contributed by atoms with van der Waals surface area (Å²) >= 11 is 0. The molecule has 3 nitrogen and oxygen atoms in total. The fourth-order valence-corrected chi connectivity index (χ4v) is 4.11. The first-order valence-corrected chi connectivity index (χ1v) is 8.41. The summed E-state index contributed by atoms with van der Waals surface area (Å²) in [6.07, 6.45) is 3.86. The summed E-state index contributed by atoms with van der Waals surface area (Å²) in [6.45, 7) is 0.775. The fraction of sp³-hybridized carbons (Fsp3) is 0.350. The highest BCUT2D eigenvalue weighted by molar-refractivity contribution is 5.73. The first-order chi connectivity index (χ1) is 11.3. The predicted octanol–water partition coefficient (Wildman–Crippen LogP) is 4.65. The van der Waals surface area contributed by atoms with Gasteiger partial charge in [-0.2, -0.15) is 0 Å². The van der Waals surface area contributed by atoms with Crippen LogP contribution >= 0.6 is 0 Å². The van der Waals surface area contributed by atoms with Gasteiger partial charge in [0.15, 0.2) is 6.10 Å². The van der Waals surface area contributed by atoms with E-state index in [9.17, 15) is 4.79 Å². The summed E-state index contributed by atoms with van der Waals surface area (Å²) in [7, 11) is 0. The second-order valence-corrected chi connectivity index (χ2v) is 6.43. The largest absolute Gasteiger partial charge is 0.438 e. The van der Waals surface area contributed by atoms with Crippen LogP contribution < -0.4 is 0 Å². The zero-order chi connectivity index (χ0) is 15.7. The van der Waals surface area contributed by atoms with Crippen molar-refractivity contribution in [1.29, 1.82) is 0 Å². The predicted molar refractivity (Wildman–Crippen MR) is 89.0 cm³/mol. The molecule has 0 bridgehead atoms. The van der Waals surface area contributed by atoms with Crippen molar-refractivity contribution in [3.8, 4) is 0 Å². The Bertz CT molecular complexity index is 685. The molecular formula is C20H21NO2. The van der Waals surface area contributed by atoms with E-state index in [4.69, 9.17) is 4.74 Å².